The standard InChI is InChI=1S/C22H24ClN3/c23-17-11-12-18-21(15-17)26(22(24-18)16-7-2-1-3-8-16)20-10-6-14-25-13-5-4-9-19(20)25/h1-3,7-8,11-12,15,19-20H,4-6,9-10,13-14H2/t19-,20-/m1/s1. The summed E-state index contributed by atoms with van der Waals surface area (Å²) in [5.41, 5.74) is 3.41. The summed E-state index contributed by atoms with van der Waals surface area (Å²) in [5, 5.41) is 0.787. The molecule has 0 radical (unpaired) electrons. The highest BCUT2D eigenvalue weighted by atomic mass is 35.5. The molecule has 0 spiro atoms. The van der Waals surface area contributed by atoms with E-state index >= 15 is 0 Å². The van der Waals surface area contributed by atoms with E-state index in [9.17, 15) is 0 Å². The molecule has 0 saturated carbocycles. The third kappa shape index (κ3) is 2.74. The van der Waals surface area contributed by atoms with Crippen LogP contribution in [0.2, 0.25) is 5.02 Å². The number of halogens is 1. The van der Waals surface area contributed by atoms with Crippen molar-refractivity contribution < 1.29 is 0 Å². The van der Waals surface area contributed by atoms with Gasteiger partial charge >= 0.3 is 0 Å². The van der Waals surface area contributed by atoms with E-state index in [1.165, 1.54) is 56.3 Å². The number of imidazole rings is 1. The van der Waals surface area contributed by atoms with E-state index in [1.54, 1.807) is 0 Å². The molecule has 2 aliphatic rings. The second kappa shape index (κ2) is 6.71. The molecule has 4 heteroatoms. The number of nitrogens with zero attached hydrogens (tertiary/aromatic N) is 3. The first kappa shape index (κ1) is 16.3. The number of hydrogen-bond acceptors (Lipinski definition) is 2. The van der Waals surface area contributed by atoms with E-state index in [-0.39, 0.29) is 0 Å². The van der Waals surface area contributed by atoms with Crippen LogP contribution in [0.4, 0.5) is 0 Å². The number of benzene rings is 2. The minimum Gasteiger partial charge on any atom is -0.319 e. The smallest absolute Gasteiger partial charge is 0.141 e. The zero-order valence-electron chi connectivity index (χ0n) is 14.9. The molecular formula is C22H24ClN3. The number of aromatic nitrogens is 2. The molecule has 0 bridgehead atoms. The molecule has 3 nitrogen and oxygen atoms in total. The molecule has 3 aromatic rings. The van der Waals surface area contributed by atoms with Gasteiger partial charge in [0.1, 0.15) is 5.82 Å². The molecule has 2 saturated heterocycles. The molecule has 0 N–H and O–H groups in total. The fourth-order valence-corrected chi connectivity index (χ4v) is 5.09. The average molecular weight is 366 g/mol. The van der Waals surface area contributed by atoms with Crippen LogP contribution >= 0.6 is 11.6 Å². The van der Waals surface area contributed by atoms with Crippen molar-refractivity contribution in [1.29, 1.82) is 0 Å². The largest absolute Gasteiger partial charge is 0.319 e. The fraction of sp³-hybridized carbons (Fsp3) is 0.409. The lowest BCUT2D eigenvalue weighted by molar-refractivity contribution is 0.0666. The van der Waals surface area contributed by atoms with Gasteiger partial charge in [-0.1, -0.05) is 48.4 Å². The molecule has 3 heterocycles. The van der Waals surface area contributed by atoms with Gasteiger partial charge in [-0.3, -0.25) is 4.90 Å². The highest BCUT2D eigenvalue weighted by Gasteiger charge is 2.36. The molecule has 2 aromatic carbocycles. The van der Waals surface area contributed by atoms with Crippen molar-refractivity contribution in [3.63, 3.8) is 0 Å². The predicted molar refractivity (Wildman–Crippen MR) is 108 cm³/mol. The number of hydrogen-bond donors (Lipinski definition) is 0. The summed E-state index contributed by atoms with van der Waals surface area (Å²) in [6, 6.07) is 17.8. The summed E-state index contributed by atoms with van der Waals surface area (Å²) >= 11 is 6.37. The van der Waals surface area contributed by atoms with Gasteiger partial charge in [0, 0.05) is 16.6 Å². The highest BCUT2D eigenvalue weighted by Crippen LogP contribution is 2.39. The maximum atomic E-state index is 6.37. The first-order valence-electron chi connectivity index (χ1n) is 9.78. The van der Waals surface area contributed by atoms with Gasteiger partial charge < -0.3 is 4.57 Å². The number of rotatable bonds is 2. The molecule has 134 valence electrons. The fourth-order valence-electron chi connectivity index (χ4n) is 4.92. The Kier molecular flexibility index (Phi) is 4.22. The van der Waals surface area contributed by atoms with Crippen LogP contribution in [0.25, 0.3) is 22.4 Å². The molecule has 0 amide bonds. The van der Waals surface area contributed by atoms with Crippen LogP contribution in [0.1, 0.15) is 38.1 Å². The molecule has 26 heavy (non-hydrogen) atoms. The topological polar surface area (TPSA) is 21.1 Å². The van der Waals surface area contributed by atoms with Gasteiger partial charge in [0.05, 0.1) is 17.1 Å². The summed E-state index contributed by atoms with van der Waals surface area (Å²) in [6.45, 7) is 2.49. The van der Waals surface area contributed by atoms with Crippen molar-refractivity contribution >= 4 is 22.6 Å². The van der Waals surface area contributed by atoms with Crippen molar-refractivity contribution in [3.8, 4) is 11.4 Å². The van der Waals surface area contributed by atoms with Crippen LogP contribution in [-0.4, -0.2) is 33.6 Å². The van der Waals surface area contributed by atoms with Gasteiger partial charge in [0.2, 0.25) is 0 Å². The van der Waals surface area contributed by atoms with E-state index in [0.717, 1.165) is 16.4 Å². The summed E-state index contributed by atoms with van der Waals surface area (Å²) in [5.74, 6) is 1.08. The first-order valence-corrected chi connectivity index (χ1v) is 10.2. The van der Waals surface area contributed by atoms with Gasteiger partial charge in [0.15, 0.2) is 0 Å². The average Bonchev–Trinajstić information content (AvgIpc) is 3.06. The summed E-state index contributed by atoms with van der Waals surface area (Å²) < 4.78 is 2.50. The summed E-state index contributed by atoms with van der Waals surface area (Å²) in [4.78, 5) is 7.73. The van der Waals surface area contributed by atoms with Gasteiger partial charge in [-0.15, -0.1) is 0 Å². The Morgan fingerprint density at radius 2 is 1.69 bits per heavy atom. The molecule has 2 fully saturated rings. The Morgan fingerprint density at radius 1 is 0.885 bits per heavy atom. The van der Waals surface area contributed by atoms with Crippen LogP contribution in [0, 0.1) is 0 Å². The van der Waals surface area contributed by atoms with Crippen molar-refractivity contribution in [3.05, 3.63) is 53.6 Å². The maximum Gasteiger partial charge on any atom is 0.141 e. The monoisotopic (exact) mass is 365 g/mol. The summed E-state index contributed by atoms with van der Waals surface area (Å²) in [6.07, 6.45) is 6.45. The lowest BCUT2D eigenvalue weighted by atomic mass is 9.88. The molecular weight excluding hydrogens is 342 g/mol. The van der Waals surface area contributed by atoms with E-state index in [1.807, 2.05) is 6.07 Å². The van der Waals surface area contributed by atoms with Crippen LogP contribution in [0.5, 0.6) is 0 Å². The number of piperidine rings is 2. The molecule has 0 aliphatic carbocycles. The van der Waals surface area contributed by atoms with Crippen molar-refractivity contribution in [1.82, 2.24) is 14.5 Å². The third-order valence-electron chi connectivity index (χ3n) is 6.07. The Hall–Kier alpha value is -1.84. The van der Waals surface area contributed by atoms with Gasteiger partial charge in [0.25, 0.3) is 0 Å². The van der Waals surface area contributed by atoms with E-state index in [0.29, 0.717) is 12.1 Å². The van der Waals surface area contributed by atoms with Gasteiger partial charge in [-0.2, -0.15) is 0 Å². The Morgan fingerprint density at radius 3 is 2.58 bits per heavy atom. The van der Waals surface area contributed by atoms with Crippen molar-refractivity contribution in [2.24, 2.45) is 0 Å². The molecule has 5 rings (SSSR count). The number of fused-ring (bicyclic) bond motifs is 2. The van der Waals surface area contributed by atoms with Crippen molar-refractivity contribution in [2.75, 3.05) is 13.1 Å². The Balaban J connectivity index is 1.71. The minimum absolute atomic E-state index is 0.475. The van der Waals surface area contributed by atoms with Crippen LogP contribution in [0.15, 0.2) is 48.5 Å². The SMILES string of the molecule is Clc1ccc2nc(-c3ccccc3)n([C@@H]3CCCN4CCCC[C@H]34)c2c1. The third-order valence-corrected chi connectivity index (χ3v) is 6.30. The lowest BCUT2D eigenvalue weighted by Gasteiger charge is -2.45. The van der Waals surface area contributed by atoms with E-state index in [2.05, 4.69) is 51.9 Å². The molecule has 2 aliphatic heterocycles. The van der Waals surface area contributed by atoms with Crippen molar-refractivity contribution in [2.45, 2.75) is 44.2 Å². The predicted octanol–water partition coefficient (Wildman–Crippen LogP) is 5.55. The Bertz CT molecular complexity index is 916. The lowest BCUT2D eigenvalue weighted by Crippen LogP contribution is -2.48. The molecule has 2 atom stereocenters. The minimum atomic E-state index is 0.475. The molecule has 1 aromatic heterocycles. The summed E-state index contributed by atoms with van der Waals surface area (Å²) in [7, 11) is 0. The highest BCUT2D eigenvalue weighted by molar-refractivity contribution is 6.31. The van der Waals surface area contributed by atoms with Gasteiger partial charge in [-0.05, 0) is 57.0 Å². The van der Waals surface area contributed by atoms with E-state index < -0.39 is 0 Å². The quantitative estimate of drug-likeness (QED) is 0.594. The van der Waals surface area contributed by atoms with Crippen LogP contribution in [-0.2, 0) is 0 Å². The maximum absolute atomic E-state index is 6.37. The van der Waals surface area contributed by atoms with E-state index in [4.69, 9.17) is 16.6 Å². The zero-order valence-corrected chi connectivity index (χ0v) is 15.7. The first-order chi connectivity index (χ1) is 12.8. The molecule has 0 unspecified atom stereocenters. The second-order valence-corrected chi connectivity index (χ2v) is 8.05. The zero-order chi connectivity index (χ0) is 17.5. The second-order valence-electron chi connectivity index (χ2n) is 7.61. The Labute approximate surface area is 159 Å². The van der Waals surface area contributed by atoms with Crippen LogP contribution < -0.4 is 0 Å². The normalized spacial score (nSPS) is 23.9. The van der Waals surface area contributed by atoms with Crippen LogP contribution in [0.3, 0.4) is 0 Å². The van der Waals surface area contributed by atoms with Gasteiger partial charge in [-0.25, -0.2) is 4.98 Å².